The fraction of sp³-hybridized carbons (Fsp3) is 0.400. The van der Waals surface area contributed by atoms with Gasteiger partial charge in [0.2, 0.25) is 0 Å². The molecule has 0 aromatic carbocycles. The molecular formula is C15H20O2. The maximum atomic E-state index is 11.2. The summed E-state index contributed by atoms with van der Waals surface area (Å²) in [5.41, 5.74) is 2.10. The Morgan fingerprint density at radius 1 is 1.59 bits per heavy atom. The third-order valence-electron chi connectivity index (χ3n) is 2.84. The van der Waals surface area contributed by atoms with Crippen molar-refractivity contribution < 1.29 is 9.53 Å². The molecule has 0 aromatic heterocycles. The molecular weight excluding hydrogens is 212 g/mol. The SMILES string of the molecule is C=C(CC)C1C=CC=C(/C=C/C)C1OC(C)=O. The lowest BCUT2D eigenvalue weighted by atomic mass is 9.84. The lowest BCUT2D eigenvalue weighted by Crippen LogP contribution is -2.29. The van der Waals surface area contributed by atoms with E-state index in [0.29, 0.717) is 0 Å². The van der Waals surface area contributed by atoms with Gasteiger partial charge in [0.25, 0.3) is 0 Å². The van der Waals surface area contributed by atoms with E-state index in [9.17, 15) is 4.79 Å². The van der Waals surface area contributed by atoms with Crippen LogP contribution in [0.2, 0.25) is 0 Å². The first-order chi connectivity index (χ1) is 8.10. The quantitative estimate of drug-likeness (QED) is 0.547. The number of hydrogen-bond acceptors (Lipinski definition) is 2. The Bertz CT molecular complexity index is 386. The summed E-state index contributed by atoms with van der Waals surface area (Å²) in [6.07, 6.45) is 10.6. The summed E-state index contributed by atoms with van der Waals surface area (Å²) >= 11 is 0. The van der Waals surface area contributed by atoms with Crippen LogP contribution < -0.4 is 0 Å². The van der Waals surface area contributed by atoms with Gasteiger partial charge in [0.05, 0.1) is 0 Å². The number of hydrogen-bond donors (Lipinski definition) is 0. The van der Waals surface area contributed by atoms with Crippen LogP contribution in [0.5, 0.6) is 0 Å². The second-order valence-corrected chi connectivity index (χ2v) is 4.12. The Balaban J connectivity index is 2.99. The second-order valence-electron chi connectivity index (χ2n) is 4.12. The number of allylic oxidation sites excluding steroid dienone is 3. The highest BCUT2D eigenvalue weighted by molar-refractivity contribution is 5.67. The fourth-order valence-corrected chi connectivity index (χ4v) is 1.94. The van der Waals surface area contributed by atoms with Gasteiger partial charge in [0, 0.05) is 12.8 Å². The van der Waals surface area contributed by atoms with Crippen LogP contribution >= 0.6 is 0 Å². The van der Waals surface area contributed by atoms with E-state index in [2.05, 4.69) is 13.5 Å². The highest BCUT2D eigenvalue weighted by Gasteiger charge is 2.27. The van der Waals surface area contributed by atoms with Crippen molar-refractivity contribution in [3.8, 4) is 0 Å². The molecule has 0 aliphatic heterocycles. The molecule has 2 unspecified atom stereocenters. The molecule has 0 spiro atoms. The van der Waals surface area contributed by atoms with Crippen LogP contribution in [0, 0.1) is 5.92 Å². The van der Waals surface area contributed by atoms with Gasteiger partial charge in [-0.1, -0.05) is 49.5 Å². The Morgan fingerprint density at radius 3 is 2.82 bits per heavy atom. The smallest absolute Gasteiger partial charge is 0.303 e. The molecule has 17 heavy (non-hydrogen) atoms. The van der Waals surface area contributed by atoms with E-state index < -0.39 is 0 Å². The van der Waals surface area contributed by atoms with Crippen molar-refractivity contribution in [3.05, 3.63) is 48.1 Å². The van der Waals surface area contributed by atoms with Crippen molar-refractivity contribution in [1.82, 2.24) is 0 Å². The first kappa shape index (κ1) is 13.5. The van der Waals surface area contributed by atoms with E-state index in [-0.39, 0.29) is 18.0 Å². The standard InChI is InChI=1S/C15H20O2/c1-5-8-13-9-7-10-14(11(3)6-2)15(13)17-12(4)16/h5,7-10,14-15H,3,6H2,1-2,4H3/b8-5+. The average Bonchev–Trinajstić information content (AvgIpc) is 2.30. The van der Waals surface area contributed by atoms with E-state index in [0.717, 1.165) is 17.6 Å². The lowest BCUT2D eigenvalue weighted by molar-refractivity contribution is -0.145. The number of carbonyl (C=O) groups excluding carboxylic acids is 1. The Hall–Kier alpha value is -1.57. The number of rotatable bonds is 4. The van der Waals surface area contributed by atoms with E-state index >= 15 is 0 Å². The number of ether oxygens (including phenoxy) is 1. The van der Waals surface area contributed by atoms with Crippen molar-refractivity contribution in [2.75, 3.05) is 0 Å². The minimum absolute atomic E-state index is 0.0834. The van der Waals surface area contributed by atoms with Crippen LogP contribution in [0.4, 0.5) is 0 Å². The molecule has 1 aliphatic carbocycles. The summed E-state index contributed by atoms with van der Waals surface area (Å²) in [5.74, 6) is -0.172. The van der Waals surface area contributed by atoms with Crippen molar-refractivity contribution in [2.45, 2.75) is 33.3 Å². The zero-order valence-corrected chi connectivity index (χ0v) is 10.8. The molecule has 1 aliphatic rings. The van der Waals surface area contributed by atoms with Gasteiger partial charge in [-0.05, 0) is 18.9 Å². The van der Waals surface area contributed by atoms with Crippen molar-refractivity contribution >= 4 is 5.97 Å². The molecule has 0 heterocycles. The van der Waals surface area contributed by atoms with E-state index in [1.807, 2.05) is 37.3 Å². The first-order valence-corrected chi connectivity index (χ1v) is 5.96. The van der Waals surface area contributed by atoms with E-state index in [4.69, 9.17) is 4.74 Å². The van der Waals surface area contributed by atoms with Crippen molar-refractivity contribution in [3.63, 3.8) is 0 Å². The summed E-state index contributed by atoms with van der Waals surface area (Å²) in [6, 6.07) is 0. The Kier molecular flexibility index (Phi) is 4.95. The number of carbonyl (C=O) groups is 1. The predicted octanol–water partition coefficient (Wildman–Crippen LogP) is 3.57. The fourth-order valence-electron chi connectivity index (χ4n) is 1.94. The summed E-state index contributed by atoms with van der Waals surface area (Å²) < 4.78 is 5.42. The molecule has 0 aromatic rings. The van der Waals surface area contributed by atoms with Gasteiger partial charge in [-0.3, -0.25) is 4.79 Å². The topological polar surface area (TPSA) is 26.3 Å². The summed E-state index contributed by atoms with van der Waals surface area (Å²) in [7, 11) is 0. The first-order valence-electron chi connectivity index (χ1n) is 5.96. The van der Waals surface area contributed by atoms with Crippen LogP contribution in [0.3, 0.4) is 0 Å². The molecule has 0 fully saturated rings. The third kappa shape index (κ3) is 3.45. The predicted molar refractivity (Wildman–Crippen MR) is 70.5 cm³/mol. The second kappa shape index (κ2) is 6.24. The van der Waals surface area contributed by atoms with E-state index in [1.165, 1.54) is 6.92 Å². The zero-order valence-electron chi connectivity index (χ0n) is 10.8. The van der Waals surface area contributed by atoms with Gasteiger partial charge in [-0.2, -0.15) is 0 Å². The molecule has 2 nitrogen and oxygen atoms in total. The molecule has 92 valence electrons. The number of esters is 1. The average molecular weight is 232 g/mol. The highest BCUT2D eigenvalue weighted by atomic mass is 16.5. The van der Waals surface area contributed by atoms with E-state index in [1.54, 1.807) is 0 Å². The monoisotopic (exact) mass is 232 g/mol. The van der Waals surface area contributed by atoms with Crippen molar-refractivity contribution in [2.24, 2.45) is 5.92 Å². The normalized spacial score (nSPS) is 23.6. The van der Waals surface area contributed by atoms with Crippen LogP contribution in [-0.2, 0) is 9.53 Å². The Labute approximate surface area is 103 Å². The maximum absolute atomic E-state index is 11.2. The molecule has 1 rings (SSSR count). The minimum Gasteiger partial charge on any atom is -0.457 e. The van der Waals surface area contributed by atoms with Gasteiger partial charge in [0.1, 0.15) is 6.10 Å². The van der Waals surface area contributed by atoms with Gasteiger partial charge in [0.15, 0.2) is 0 Å². The molecule has 2 heteroatoms. The van der Waals surface area contributed by atoms with Gasteiger partial charge >= 0.3 is 5.97 Å². The van der Waals surface area contributed by atoms with Crippen LogP contribution in [0.15, 0.2) is 48.1 Å². The zero-order chi connectivity index (χ0) is 12.8. The molecule has 0 bridgehead atoms. The molecule has 0 saturated heterocycles. The largest absolute Gasteiger partial charge is 0.457 e. The van der Waals surface area contributed by atoms with Gasteiger partial charge < -0.3 is 4.74 Å². The van der Waals surface area contributed by atoms with Gasteiger partial charge in [-0.25, -0.2) is 0 Å². The van der Waals surface area contributed by atoms with Crippen LogP contribution in [0.1, 0.15) is 27.2 Å². The summed E-state index contributed by atoms with van der Waals surface area (Å²) in [4.78, 5) is 11.2. The molecule has 0 N–H and O–H groups in total. The molecule has 0 radical (unpaired) electrons. The molecule has 2 atom stereocenters. The van der Waals surface area contributed by atoms with Gasteiger partial charge in [-0.15, -0.1) is 0 Å². The summed E-state index contributed by atoms with van der Waals surface area (Å²) in [6.45, 7) is 9.51. The molecule has 0 saturated carbocycles. The lowest BCUT2D eigenvalue weighted by Gasteiger charge is -2.29. The Morgan fingerprint density at radius 2 is 2.29 bits per heavy atom. The molecule has 0 amide bonds. The summed E-state index contributed by atoms with van der Waals surface area (Å²) in [5, 5.41) is 0. The minimum atomic E-state index is -0.255. The highest BCUT2D eigenvalue weighted by Crippen LogP contribution is 2.30. The van der Waals surface area contributed by atoms with Crippen molar-refractivity contribution in [1.29, 1.82) is 0 Å². The maximum Gasteiger partial charge on any atom is 0.303 e. The van der Waals surface area contributed by atoms with Crippen LogP contribution in [0.25, 0.3) is 0 Å². The third-order valence-corrected chi connectivity index (χ3v) is 2.84. The van der Waals surface area contributed by atoms with Crippen LogP contribution in [-0.4, -0.2) is 12.1 Å².